The first-order valence-corrected chi connectivity index (χ1v) is 10.8. The van der Waals surface area contributed by atoms with E-state index < -0.39 is 5.97 Å². The van der Waals surface area contributed by atoms with Crippen LogP contribution in [0, 0.1) is 6.92 Å². The number of carbonyl (C=O) groups is 3. The summed E-state index contributed by atoms with van der Waals surface area (Å²) in [7, 11) is 6.42. The van der Waals surface area contributed by atoms with Crippen LogP contribution >= 0.6 is 23.1 Å². The second-order valence-electron chi connectivity index (χ2n) is 6.96. The molecule has 0 aliphatic heterocycles. The number of thioether (sulfide) groups is 1. The lowest BCUT2D eigenvalue weighted by atomic mass is 10.1. The number of amides is 2. The van der Waals surface area contributed by atoms with Gasteiger partial charge in [-0.2, -0.15) is 0 Å². The molecule has 3 rings (SSSR count). The normalized spacial score (nSPS) is 13.3. The van der Waals surface area contributed by atoms with Crippen LogP contribution in [0.1, 0.15) is 50.2 Å². The van der Waals surface area contributed by atoms with Gasteiger partial charge in [0.2, 0.25) is 5.91 Å². The van der Waals surface area contributed by atoms with Gasteiger partial charge in [-0.05, 0) is 25.3 Å². The van der Waals surface area contributed by atoms with Crippen LogP contribution in [0.15, 0.2) is 5.16 Å². The van der Waals surface area contributed by atoms with Gasteiger partial charge in [-0.3, -0.25) is 9.59 Å². The second kappa shape index (κ2) is 8.54. The van der Waals surface area contributed by atoms with Crippen molar-refractivity contribution < 1.29 is 19.1 Å². The predicted octanol–water partition coefficient (Wildman–Crippen LogP) is 2.28. The molecule has 1 N–H and O–H groups in total. The lowest BCUT2D eigenvalue weighted by Crippen LogP contribution is -2.21. The number of thiophene rings is 1. The van der Waals surface area contributed by atoms with Crippen LogP contribution in [0.4, 0.5) is 5.00 Å². The number of ether oxygens (including phenoxy) is 1. The number of rotatable bonds is 7. The van der Waals surface area contributed by atoms with Crippen molar-refractivity contribution in [2.24, 2.45) is 7.05 Å². The standard InChI is InChI=1S/C18H23N5O4S2/c1-9-12(17(26)27-5)15(29-13(9)16(25)22(2)3)19-11(24)8-28-18-21-20-14(23(18)4)10-6-7-10/h10H,6-8H2,1-5H3,(H,19,24). The van der Waals surface area contributed by atoms with Crippen molar-refractivity contribution >= 4 is 45.9 Å². The number of nitrogens with one attached hydrogen (secondary N) is 1. The highest BCUT2D eigenvalue weighted by Crippen LogP contribution is 2.39. The Morgan fingerprint density at radius 2 is 2.00 bits per heavy atom. The van der Waals surface area contributed by atoms with Crippen molar-refractivity contribution in [1.82, 2.24) is 19.7 Å². The number of methoxy groups -OCH3 is 1. The van der Waals surface area contributed by atoms with Gasteiger partial charge in [0.15, 0.2) is 5.16 Å². The molecule has 0 atom stereocenters. The predicted molar refractivity (Wildman–Crippen MR) is 111 cm³/mol. The number of anilines is 1. The molecule has 1 aliphatic rings. The fourth-order valence-corrected chi connectivity index (χ4v) is 4.75. The summed E-state index contributed by atoms with van der Waals surface area (Å²) in [5.74, 6) is 0.384. The second-order valence-corrected chi connectivity index (χ2v) is 8.93. The Morgan fingerprint density at radius 3 is 2.59 bits per heavy atom. The van der Waals surface area contributed by atoms with Crippen LogP contribution in [-0.4, -0.2) is 64.4 Å². The average molecular weight is 438 g/mol. The zero-order valence-corrected chi connectivity index (χ0v) is 18.6. The van der Waals surface area contributed by atoms with E-state index in [1.807, 2.05) is 11.6 Å². The van der Waals surface area contributed by atoms with Crippen LogP contribution in [0.2, 0.25) is 0 Å². The minimum absolute atomic E-state index is 0.102. The lowest BCUT2D eigenvalue weighted by molar-refractivity contribution is -0.113. The molecule has 0 aromatic carbocycles. The number of esters is 1. The SMILES string of the molecule is COC(=O)c1c(NC(=O)CSc2nnc(C3CC3)n2C)sc(C(=O)N(C)C)c1C. The van der Waals surface area contributed by atoms with Gasteiger partial charge in [0.25, 0.3) is 5.91 Å². The molecule has 0 saturated heterocycles. The van der Waals surface area contributed by atoms with E-state index in [1.54, 1.807) is 21.0 Å². The zero-order valence-electron chi connectivity index (χ0n) is 16.9. The summed E-state index contributed by atoms with van der Waals surface area (Å²) < 4.78 is 6.75. The maximum absolute atomic E-state index is 12.5. The largest absolute Gasteiger partial charge is 0.465 e. The quantitative estimate of drug-likeness (QED) is 0.523. The molecule has 0 spiro atoms. The molecular weight excluding hydrogens is 414 g/mol. The molecule has 1 aliphatic carbocycles. The number of hydrogen-bond acceptors (Lipinski definition) is 8. The van der Waals surface area contributed by atoms with Crippen LogP contribution in [0.5, 0.6) is 0 Å². The topological polar surface area (TPSA) is 106 Å². The van der Waals surface area contributed by atoms with Crippen LogP contribution in [0.3, 0.4) is 0 Å². The summed E-state index contributed by atoms with van der Waals surface area (Å²) in [6.45, 7) is 1.67. The Bertz CT molecular complexity index is 962. The molecule has 2 aromatic rings. The van der Waals surface area contributed by atoms with E-state index >= 15 is 0 Å². The number of hydrogen-bond donors (Lipinski definition) is 1. The average Bonchev–Trinajstić information content (AvgIpc) is 3.38. The first kappa shape index (κ1) is 21.3. The van der Waals surface area contributed by atoms with E-state index in [1.165, 1.54) is 23.8 Å². The maximum Gasteiger partial charge on any atom is 0.341 e. The first-order chi connectivity index (χ1) is 13.7. The number of nitrogens with zero attached hydrogens (tertiary/aromatic N) is 4. The van der Waals surface area contributed by atoms with E-state index in [4.69, 9.17) is 4.74 Å². The highest BCUT2D eigenvalue weighted by molar-refractivity contribution is 7.99. The molecule has 1 saturated carbocycles. The molecule has 2 amide bonds. The Labute approximate surface area is 176 Å². The van der Waals surface area contributed by atoms with Crippen molar-refractivity contribution in [3.63, 3.8) is 0 Å². The summed E-state index contributed by atoms with van der Waals surface area (Å²) in [4.78, 5) is 38.9. The third kappa shape index (κ3) is 4.45. The van der Waals surface area contributed by atoms with Gasteiger partial charge in [-0.1, -0.05) is 11.8 Å². The van der Waals surface area contributed by atoms with Gasteiger partial charge in [0.1, 0.15) is 10.8 Å². The highest BCUT2D eigenvalue weighted by Gasteiger charge is 2.30. The van der Waals surface area contributed by atoms with Crippen molar-refractivity contribution in [2.75, 3.05) is 32.3 Å². The third-order valence-electron chi connectivity index (χ3n) is 4.53. The Hall–Kier alpha value is -2.40. The Kier molecular flexibility index (Phi) is 6.27. The molecule has 0 bridgehead atoms. The smallest absolute Gasteiger partial charge is 0.341 e. The van der Waals surface area contributed by atoms with Gasteiger partial charge in [0.05, 0.1) is 23.3 Å². The molecule has 0 radical (unpaired) electrons. The van der Waals surface area contributed by atoms with Crippen molar-refractivity contribution in [1.29, 1.82) is 0 Å². The highest BCUT2D eigenvalue weighted by atomic mass is 32.2. The van der Waals surface area contributed by atoms with Crippen LogP contribution in [0.25, 0.3) is 0 Å². The monoisotopic (exact) mass is 437 g/mol. The van der Waals surface area contributed by atoms with E-state index in [-0.39, 0.29) is 23.1 Å². The molecule has 2 aromatic heterocycles. The molecule has 1 fully saturated rings. The summed E-state index contributed by atoms with van der Waals surface area (Å²) in [6.07, 6.45) is 2.25. The minimum Gasteiger partial charge on any atom is -0.465 e. The zero-order chi connectivity index (χ0) is 21.3. The van der Waals surface area contributed by atoms with Crippen LogP contribution < -0.4 is 5.32 Å². The summed E-state index contributed by atoms with van der Waals surface area (Å²) in [5.41, 5.74) is 0.696. The molecule has 11 heteroatoms. The summed E-state index contributed by atoms with van der Waals surface area (Å²) >= 11 is 2.34. The number of aromatic nitrogens is 3. The molecule has 156 valence electrons. The van der Waals surface area contributed by atoms with Gasteiger partial charge in [-0.25, -0.2) is 4.79 Å². The van der Waals surface area contributed by atoms with Gasteiger partial charge in [-0.15, -0.1) is 21.5 Å². The van der Waals surface area contributed by atoms with E-state index in [9.17, 15) is 14.4 Å². The van der Waals surface area contributed by atoms with Gasteiger partial charge in [0, 0.05) is 27.1 Å². The van der Waals surface area contributed by atoms with E-state index in [0.717, 1.165) is 30.0 Å². The summed E-state index contributed by atoms with van der Waals surface area (Å²) in [5, 5.41) is 12.1. The molecule has 9 nitrogen and oxygen atoms in total. The molecule has 29 heavy (non-hydrogen) atoms. The minimum atomic E-state index is -0.595. The molecule has 0 unspecified atom stereocenters. The van der Waals surface area contributed by atoms with E-state index in [0.29, 0.717) is 26.5 Å². The number of carbonyl (C=O) groups excluding carboxylic acids is 3. The molecular formula is C18H23N5O4S2. The van der Waals surface area contributed by atoms with Crippen molar-refractivity contribution in [3.05, 3.63) is 21.8 Å². The third-order valence-corrected chi connectivity index (χ3v) is 6.75. The van der Waals surface area contributed by atoms with Crippen molar-refractivity contribution in [2.45, 2.75) is 30.8 Å². The van der Waals surface area contributed by atoms with Crippen LogP contribution in [-0.2, 0) is 16.6 Å². The summed E-state index contributed by atoms with van der Waals surface area (Å²) in [6, 6.07) is 0. The maximum atomic E-state index is 12.5. The van der Waals surface area contributed by atoms with Gasteiger partial charge >= 0.3 is 5.97 Å². The fraction of sp³-hybridized carbons (Fsp3) is 0.500. The van der Waals surface area contributed by atoms with Gasteiger partial charge < -0.3 is 19.5 Å². The lowest BCUT2D eigenvalue weighted by Gasteiger charge is -2.08. The van der Waals surface area contributed by atoms with E-state index in [2.05, 4.69) is 15.5 Å². The Morgan fingerprint density at radius 1 is 1.31 bits per heavy atom. The molecule has 2 heterocycles. The van der Waals surface area contributed by atoms with Crippen molar-refractivity contribution in [3.8, 4) is 0 Å². The first-order valence-electron chi connectivity index (χ1n) is 8.99. The Balaban J connectivity index is 1.74. The fourth-order valence-electron chi connectivity index (χ4n) is 2.80.